The van der Waals surface area contributed by atoms with E-state index in [9.17, 15) is 4.79 Å². The summed E-state index contributed by atoms with van der Waals surface area (Å²) >= 11 is 0. The van der Waals surface area contributed by atoms with Crippen LogP contribution in [0.4, 0.5) is 4.79 Å². The Bertz CT molecular complexity index is 280. The summed E-state index contributed by atoms with van der Waals surface area (Å²) in [5.41, 5.74) is -0.529. The van der Waals surface area contributed by atoms with Gasteiger partial charge in [0.1, 0.15) is 5.60 Å². The van der Waals surface area contributed by atoms with Crippen molar-refractivity contribution >= 4 is 6.09 Å². The highest BCUT2D eigenvalue weighted by Gasteiger charge is 2.40. The molecule has 92 valence electrons. The second-order valence-corrected chi connectivity index (χ2v) is 5.73. The van der Waals surface area contributed by atoms with Crippen LogP contribution in [0.3, 0.4) is 0 Å². The molecule has 1 fully saturated rings. The topological polar surface area (TPSA) is 29.5 Å². The van der Waals surface area contributed by atoms with E-state index >= 15 is 0 Å². The van der Waals surface area contributed by atoms with E-state index in [0.717, 1.165) is 25.8 Å². The standard InChI is InChI=1S/C13H23NO2/c1-6-8-13(5)9-7-10-14(13)11(15)16-12(2,3)4/h6H,1,7-10H2,2-5H3/t13-/m0/s1. The minimum Gasteiger partial charge on any atom is -0.444 e. The van der Waals surface area contributed by atoms with Crippen molar-refractivity contribution in [1.29, 1.82) is 0 Å². The monoisotopic (exact) mass is 225 g/mol. The van der Waals surface area contributed by atoms with Crippen molar-refractivity contribution < 1.29 is 9.53 Å². The van der Waals surface area contributed by atoms with E-state index in [0.29, 0.717) is 0 Å². The number of hydrogen-bond acceptors (Lipinski definition) is 2. The molecule has 0 bridgehead atoms. The maximum absolute atomic E-state index is 12.0. The number of amides is 1. The quantitative estimate of drug-likeness (QED) is 0.674. The number of ether oxygens (including phenoxy) is 1. The lowest BCUT2D eigenvalue weighted by molar-refractivity contribution is 0.0111. The molecular weight excluding hydrogens is 202 g/mol. The third kappa shape index (κ3) is 3.00. The van der Waals surface area contributed by atoms with E-state index in [1.807, 2.05) is 31.7 Å². The molecule has 0 spiro atoms. The van der Waals surface area contributed by atoms with Gasteiger partial charge < -0.3 is 9.64 Å². The van der Waals surface area contributed by atoms with E-state index in [-0.39, 0.29) is 11.6 Å². The molecule has 1 amide bonds. The summed E-state index contributed by atoms with van der Waals surface area (Å²) < 4.78 is 5.42. The summed E-state index contributed by atoms with van der Waals surface area (Å²) in [7, 11) is 0. The molecular formula is C13H23NO2. The van der Waals surface area contributed by atoms with Gasteiger partial charge in [0.05, 0.1) is 0 Å². The van der Waals surface area contributed by atoms with E-state index in [2.05, 4.69) is 13.5 Å². The van der Waals surface area contributed by atoms with Crippen LogP contribution < -0.4 is 0 Å². The second kappa shape index (κ2) is 4.48. The van der Waals surface area contributed by atoms with E-state index in [4.69, 9.17) is 4.74 Å². The first-order valence-corrected chi connectivity index (χ1v) is 5.90. The lowest BCUT2D eigenvalue weighted by Crippen LogP contribution is -2.46. The smallest absolute Gasteiger partial charge is 0.410 e. The molecule has 0 aromatic carbocycles. The third-order valence-electron chi connectivity index (χ3n) is 2.95. The molecule has 1 atom stereocenters. The highest BCUT2D eigenvalue weighted by molar-refractivity contribution is 5.69. The molecule has 0 aromatic heterocycles. The fourth-order valence-corrected chi connectivity index (χ4v) is 2.17. The summed E-state index contributed by atoms with van der Waals surface area (Å²) in [5, 5.41) is 0. The lowest BCUT2D eigenvalue weighted by Gasteiger charge is -2.35. The summed E-state index contributed by atoms with van der Waals surface area (Å²) in [6.07, 6.45) is 4.57. The lowest BCUT2D eigenvalue weighted by atomic mass is 9.95. The predicted octanol–water partition coefficient (Wildman–Crippen LogP) is 3.35. The van der Waals surface area contributed by atoms with Gasteiger partial charge in [-0.15, -0.1) is 6.58 Å². The predicted molar refractivity (Wildman–Crippen MR) is 65.4 cm³/mol. The van der Waals surface area contributed by atoms with Crippen molar-refractivity contribution in [3.63, 3.8) is 0 Å². The van der Waals surface area contributed by atoms with Crippen LogP contribution in [0.1, 0.15) is 47.0 Å². The van der Waals surface area contributed by atoms with Crippen LogP contribution in [0.2, 0.25) is 0 Å². The SMILES string of the molecule is C=CC[C@@]1(C)CCCN1C(=O)OC(C)(C)C. The fourth-order valence-electron chi connectivity index (χ4n) is 2.17. The molecule has 1 aliphatic rings. The maximum Gasteiger partial charge on any atom is 0.410 e. The first kappa shape index (κ1) is 13.1. The molecule has 16 heavy (non-hydrogen) atoms. The zero-order valence-electron chi connectivity index (χ0n) is 10.9. The molecule has 1 saturated heterocycles. The number of carbonyl (C=O) groups is 1. The van der Waals surface area contributed by atoms with Gasteiger partial charge in [0.2, 0.25) is 0 Å². The zero-order chi connectivity index (χ0) is 12.4. The van der Waals surface area contributed by atoms with Gasteiger partial charge in [-0.2, -0.15) is 0 Å². The Balaban J connectivity index is 2.71. The van der Waals surface area contributed by atoms with Crippen molar-refractivity contribution in [1.82, 2.24) is 4.90 Å². The van der Waals surface area contributed by atoms with Crippen molar-refractivity contribution in [3.8, 4) is 0 Å². The molecule has 1 heterocycles. The van der Waals surface area contributed by atoms with Gasteiger partial charge in [0, 0.05) is 12.1 Å². The van der Waals surface area contributed by atoms with Gasteiger partial charge in [-0.25, -0.2) is 4.79 Å². The molecule has 3 nitrogen and oxygen atoms in total. The number of nitrogens with zero attached hydrogens (tertiary/aromatic N) is 1. The van der Waals surface area contributed by atoms with Crippen molar-refractivity contribution in [2.75, 3.05) is 6.54 Å². The molecule has 0 N–H and O–H groups in total. The average molecular weight is 225 g/mol. The Morgan fingerprint density at radius 1 is 1.56 bits per heavy atom. The average Bonchev–Trinajstić information content (AvgIpc) is 2.44. The Labute approximate surface area is 98.5 Å². The zero-order valence-corrected chi connectivity index (χ0v) is 10.9. The van der Waals surface area contributed by atoms with Gasteiger partial charge >= 0.3 is 6.09 Å². The van der Waals surface area contributed by atoms with Crippen LogP contribution in [0.15, 0.2) is 12.7 Å². The molecule has 0 saturated carbocycles. The summed E-state index contributed by atoms with van der Waals surface area (Å²) in [6, 6.07) is 0. The Morgan fingerprint density at radius 2 is 2.19 bits per heavy atom. The first-order valence-electron chi connectivity index (χ1n) is 5.90. The van der Waals surface area contributed by atoms with Crippen LogP contribution in [-0.4, -0.2) is 28.7 Å². The molecule has 0 radical (unpaired) electrons. The molecule has 0 aromatic rings. The summed E-state index contributed by atoms with van der Waals surface area (Å²) in [5.74, 6) is 0. The number of carbonyl (C=O) groups excluding carboxylic acids is 1. The second-order valence-electron chi connectivity index (χ2n) is 5.73. The minimum atomic E-state index is -0.422. The van der Waals surface area contributed by atoms with Crippen molar-refractivity contribution in [2.45, 2.75) is 58.1 Å². The van der Waals surface area contributed by atoms with Gasteiger partial charge in [-0.3, -0.25) is 0 Å². The van der Waals surface area contributed by atoms with Crippen LogP contribution in [-0.2, 0) is 4.74 Å². The summed E-state index contributed by atoms with van der Waals surface area (Å²) in [6.45, 7) is 12.3. The van der Waals surface area contributed by atoms with Crippen molar-refractivity contribution in [3.05, 3.63) is 12.7 Å². The Hall–Kier alpha value is -0.990. The third-order valence-corrected chi connectivity index (χ3v) is 2.95. The van der Waals surface area contributed by atoms with Crippen LogP contribution in [0, 0.1) is 0 Å². The molecule has 0 aliphatic carbocycles. The fraction of sp³-hybridized carbons (Fsp3) is 0.769. The van der Waals surface area contributed by atoms with Gasteiger partial charge in [0.15, 0.2) is 0 Å². The van der Waals surface area contributed by atoms with E-state index in [1.165, 1.54) is 0 Å². The molecule has 1 aliphatic heterocycles. The maximum atomic E-state index is 12.0. The molecule has 0 unspecified atom stereocenters. The Morgan fingerprint density at radius 3 is 2.69 bits per heavy atom. The van der Waals surface area contributed by atoms with E-state index < -0.39 is 5.60 Å². The summed E-state index contributed by atoms with van der Waals surface area (Å²) in [4.78, 5) is 13.9. The number of hydrogen-bond donors (Lipinski definition) is 0. The number of likely N-dealkylation sites (tertiary alicyclic amines) is 1. The van der Waals surface area contributed by atoms with Crippen LogP contribution in [0.25, 0.3) is 0 Å². The van der Waals surface area contributed by atoms with Crippen LogP contribution in [0.5, 0.6) is 0 Å². The van der Waals surface area contributed by atoms with Crippen LogP contribution >= 0.6 is 0 Å². The highest BCUT2D eigenvalue weighted by Crippen LogP contribution is 2.33. The largest absolute Gasteiger partial charge is 0.444 e. The molecule has 1 rings (SSSR count). The Kier molecular flexibility index (Phi) is 3.66. The van der Waals surface area contributed by atoms with Gasteiger partial charge in [-0.1, -0.05) is 6.08 Å². The highest BCUT2D eigenvalue weighted by atomic mass is 16.6. The first-order chi connectivity index (χ1) is 7.28. The van der Waals surface area contributed by atoms with Gasteiger partial charge in [0.25, 0.3) is 0 Å². The number of rotatable bonds is 2. The van der Waals surface area contributed by atoms with Gasteiger partial charge in [-0.05, 0) is 47.0 Å². The van der Waals surface area contributed by atoms with E-state index in [1.54, 1.807) is 0 Å². The minimum absolute atomic E-state index is 0.107. The van der Waals surface area contributed by atoms with Crippen molar-refractivity contribution in [2.24, 2.45) is 0 Å². The normalized spacial score (nSPS) is 25.6. The molecule has 3 heteroatoms.